The van der Waals surface area contributed by atoms with Crippen LogP contribution in [0.3, 0.4) is 0 Å². The number of nitrogens with one attached hydrogen (secondary N) is 2. The number of anilines is 2. The third-order valence-corrected chi connectivity index (χ3v) is 8.44. The SMILES string of the molecule is COc1c(N=S2(=O)CC(OC)C2)cc2ncnc(Nc3ccc(F)cc3O[C@H](C)C(=O)NCC(F)(F)F)c2c1C. The van der Waals surface area contributed by atoms with Crippen LogP contribution in [0.15, 0.2) is 35.0 Å². The van der Waals surface area contributed by atoms with Crippen molar-refractivity contribution in [1.82, 2.24) is 15.3 Å². The van der Waals surface area contributed by atoms with Gasteiger partial charge in [0.1, 0.15) is 41.7 Å². The second-order valence-corrected chi connectivity index (χ2v) is 11.5. The number of benzene rings is 2. The number of amides is 1. The third-order valence-electron chi connectivity index (χ3n) is 6.13. The van der Waals surface area contributed by atoms with Gasteiger partial charge in [0.25, 0.3) is 5.91 Å². The van der Waals surface area contributed by atoms with Gasteiger partial charge < -0.3 is 24.8 Å². The first-order valence-corrected chi connectivity index (χ1v) is 13.8. The lowest BCUT2D eigenvalue weighted by molar-refractivity contribution is -0.142. The zero-order valence-corrected chi connectivity index (χ0v) is 22.8. The van der Waals surface area contributed by atoms with Crippen molar-refractivity contribution in [1.29, 1.82) is 0 Å². The van der Waals surface area contributed by atoms with Gasteiger partial charge in [-0.25, -0.2) is 18.6 Å². The van der Waals surface area contributed by atoms with Crippen molar-refractivity contribution < 1.29 is 40.8 Å². The number of aromatic nitrogens is 2. The van der Waals surface area contributed by atoms with E-state index < -0.39 is 40.3 Å². The highest BCUT2D eigenvalue weighted by Gasteiger charge is 2.32. The molecule has 3 aromatic rings. The number of nitrogens with zero attached hydrogens (tertiary/aromatic N) is 3. The molecule has 0 saturated carbocycles. The topological polar surface area (TPSA) is 124 Å². The van der Waals surface area contributed by atoms with Crippen LogP contribution in [0.25, 0.3) is 10.9 Å². The monoisotopic (exact) mass is 585 g/mol. The van der Waals surface area contributed by atoms with E-state index in [1.54, 1.807) is 25.4 Å². The van der Waals surface area contributed by atoms with Crippen molar-refractivity contribution >= 4 is 43.7 Å². The second kappa shape index (κ2) is 11.4. The van der Waals surface area contributed by atoms with Gasteiger partial charge in [-0.2, -0.15) is 17.5 Å². The van der Waals surface area contributed by atoms with E-state index in [4.69, 9.17) is 14.2 Å². The maximum absolute atomic E-state index is 14.1. The molecule has 216 valence electrons. The summed E-state index contributed by atoms with van der Waals surface area (Å²) in [6.45, 7) is 1.45. The zero-order valence-electron chi connectivity index (χ0n) is 22.0. The Balaban J connectivity index is 1.67. The Hall–Kier alpha value is -3.72. The van der Waals surface area contributed by atoms with Crippen LogP contribution < -0.4 is 20.1 Å². The third kappa shape index (κ3) is 6.53. The molecule has 1 saturated heterocycles. The summed E-state index contributed by atoms with van der Waals surface area (Å²) < 4.78 is 85.3. The van der Waals surface area contributed by atoms with Crippen LogP contribution in [0, 0.1) is 12.7 Å². The molecule has 0 aliphatic carbocycles. The largest absolute Gasteiger partial charge is 0.494 e. The van der Waals surface area contributed by atoms with Crippen LogP contribution in [-0.4, -0.2) is 70.7 Å². The summed E-state index contributed by atoms with van der Waals surface area (Å²) in [5.41, 5.74) is 1.58. The second-order valence-electron chi connectivity index (χ2n) is 9.08. The molecule has 2 N–H and O–H groups in total. The number of hydrogen-bond acceptors (Lipinski definition) is 9. The van der Waals surface area contributed by atoms with Gasteiger partial charge in [0.15, 0.2) is 6.10 Å². The molecule has 1 fully saturated rings. The maximum atomic E-state index is 14.1. The summed E-state index contributed by atoms with van der Waals surface area (Å²) >= 11 is 0. The number of aryl methyl sites for hydroxylation is 1. The van der Waals surface area contributed by atoms with Crippen molar-refractivity contribution in [3.8, 4) is 11.5 Å². The van der Waals surface area contributed by atoms with Gasteiger partial charge in [-0.15, -0.1) is 0 Å². The van der Waals surface area contributed by atoms with Gasteiger partial charge in [-0.1, -0.05) is 0 Å². The van der Waals surface area contributed by atoms with Gasteiger partial charge in [0, 0.05) is 24.1 Å². The van der Waals surface area contributed by atoms with Crippen molar-refractivity contribution in [2.24, 2.45) is 4.36 Å². The van der Waals surface area contributed by atoms with Gasteiger partial charge >= 0.3 is 6.18 Å². The fourth-order valence-corrected chi connectivity index (χ4v) is 6.10. The minimum absolute atomic E-state index is 0.118. The molecular weight excluding hydrogens is 558 g/mol. The van der Waals surface area contributed by atoms with Gasteiger partial charge in [-0.05, 0) is 32.0 Å². The van der Waals surface area contributed by atoms with Crippen LogP contribution in [0.1, 0.15) is 12.5 Å². The van der Waals surface area contributed by atoms with E-state index in [0.29, 0.717) is 39.4 Å². The molecule has 1 atom stereocenters. The van der Waals surface area contributed by atoms with Crippen molar-refractivity contribution in [3.63, 3.8) is 0 Å². The van der Waals surface area contributed by atoms with Crippen LogP contribution in [0.5, 0.6) is 11.5 Å². The Labute approximate surface area is 227 Å². The summed E-state index contributed by atoms with van der Waals surface area (Å²) in [7, 11) is 0.497. The summed E-state index contributed by atoms with van der Waals surface area (Å²) in [5.74, 6) is -0.614. The van der Waals surface area contributed by atoms with Crippen LogP contribution in [-0.2, 0) is 19.3 Å². The van der Waals surface area contributed by atoms with E-state index in [0.717, 1.165) is 12.1 Å². The average molecular weight is 586 g/mol. The smallest absolute Gasteiger partial charge is 0.405 e. The van der Waals surface area contributed by atoms with Gasteiger partial charge in [-0.3, -0.25) is 4.79 Å². The highest BCUT2D eigenvalue weighted by atomic mass is 32.2. The molecule has 40 heavy (non-hydrogen) atoms. The number of fused-ring (bicyclic) bond motifs is 1. The average Bonchev–Trinajstić information content (AvgIpc) is 2.86. The fraction of sp³-hybridized carbons (Fsp3) is 0.400. The molecule has 4 rings (SSSR count). The summed E-state index contributed by atoms with van der Waals surface area (Å²) in [4.78, 5) is 20.7. The van der Waals surface area contributed by atoms with Crippen molar-refractivity contribution in [2.45, 2.75) is 32.2 Å². The molecule has 1 aliphatic heterocycles. The van der Waals surface area contributed by atoms with Crippen LogP contribution in [0.2, 0.25) is 0 Å². The van der Waals surface area contributed by atoms with E-state index >= 15 is 0 Å². The van der Waals surface area contributed by atoms with Gasteiger partial charge in [0.05, 0.1) is 45.7 Å². The summed E-state index contributed by atoms with van der Waals surface area (Å²) in [6.07, 6.45) is -4.81. The number of rotatable bonds is 9. The molecular formula is C25H27F4N5O5S. The predicted octanol–water partition coefficient (Wildman–Crippen LogP) is 4.40. The normalized spacial score (nSPS) is 19.4. The van der Waals surface area contributed by atoms with E-state index in [1.807, 2.05) is 0 Å². The van der Waals surface area contributed by atoms with Crippen molar-refractivity contribution in [2.75, 3.05) is 37.6 Å². The molecule has 0 bridgehead atoms. The van der Waals surface area contributed by atoms with Gasteiger partial charge in [0.2, 0.25) is 0 Å². The zero-order chi connectivity index (χ0) is 29.2. The Bertz CT molecular complexity index is 1550. The Morgan fingerprint density at radius 3 is 2.60 bits per heavy atom. The number of carbonyl (C=O) groups is 1. The maximum Gasteiger partial charge on any atom is 0.405 e. The van der Waals surface area contributed by atoms with E-state index in [9.17, 15) is 26.6 Å². The fourth-order valence-electron chi connectivity index (χ4n) is 4.12. The summed E-state index contributed by atoms with van der Waals surface area (Å²) in [5, 5.41) is 5.27. The highest BCUT2D eigenvalue weighted by Crippen LogP contribution is 2.41. The van der Waals surface area contributed by atoms with Crippen LogP contribution >= 0.6 is 0 Å². The number of hydrogen-bond donors (Lipinski definition) is 2. The number of ether oxygens (including phenoxy) is 3. The Morgan fingerprint density at radius 2 is 1.95 bits per heavy atom. The number of halogens is 4. The first kappa shape index (κ1) is 29.3. The first-order valence-electron chi connectivity index (χ1n) is 12.0. The lowest BCUT2D eigenvalue weighted by Gasteiger charge is -2.28. The molecule has 10 nitrogen and oxygen atoms in total. The van der Waals surface area contributed by atoms with E-state index in [-0.39, 0.29) is 23.4 Å². The van der Waals surface area contributed by atoms with Crippen molar-refractivity contribution in [3.05, 3.63) is 42.0 Å². The molecule has 1 aromatic heterocycles. The molecule has 1 aliphatic rings. The lowest BCUT2D eigenvalue weighted by Crippen LogP contribution is -2.42. The molecule has 15 heteroatoms. The standard InChI is InChI=1S/C25H27F4N5O5S/c1-13-21-18(8-19(22(13)38-4)34-40(36)9-16(10-40)37-3)31-12-32-23(21)33-17-6-5-15(26)7-20(17)39-14(2)24(35)30-11-25(27,28)29/h5-8,12,14,16H,9-11H2,1-4H3,(H,30,35)(H,31,32,33)/t14-,16?,40?/m1/s1. The molecule has 0 spiro atoms. The Morgan fingerprint density at radius 1 is 1.23 bits per heavy atom. The molecule has 0 unspecified atom stereocenters. The Kier molecular flexibility index (Phi) is 8.35. The number of carbonyl (C=O) groups excluding carboxylic acids is 1. The quantitative estimate of drug-likeness (QED) is 0.354. The van der Waals surface area contributed by atoms with Crippen LogP contribution in [0.4, 0.5) is 34.8 Å². The number of methoxy groups -OCH3 is 2. The number of alkyl halides is 3. The highest BCUT2D eigenvalue weighted by molar-refractivity contribution is 7.95. The van der Waals surface area contributed by atoms with E-state index in [2.05, 4.69) is 19.6 Å². The molecule has 2 heterocycles. The molecule has 2 aromatic carbocycles. The molecule has 1 amide bonds. The minimum atomic E-state index is -4.60. The predicted molar refractivity (Wildman–Crippen MR) is 140 cm³/mol. The molecule has 0 radical (unpaired) electrons. The minimum Gasteiger partial charge on any atom is -0.494 e. The van der Waals surface area contributed by atoms with E-state index in [1.165, 1.54) is 26.4 Å². The lowest BCUT2D eigenvalue weighted by atomic mass is 10.1. The summed E-state index contributed by atoms with van der Waals surface area (Å²) in [6, 6.07) is 5.09. The first-order chi connectivity index (χ1) is 18.8.